The minimum Gasteiger partial charge on any atom is -0.464 e. The maximum absolute atomic E-state index is 11.0. The molecule has 0 atom stereocenters. The predicted molar refractivity (Wildman–Crippen MR) is 77.3 cm³/mol. The van der Waals surface area contributed by atoms with Crippen LogP contribution in [0.15, 0.2) is 0 Å². The van der Waals surface area contributed by atoms with Gasteiger partial charge in [-0.15, -0.1) is 0 Å². The van der Waals surface area contributed by atoms with Crippen molar-refractivity contribution in [1.29, 1.82) is 0 Å². The second-order valence-electron chi connectivity index (χ2n) is 5.03. The summed E-state index contributed by atoms with van der Waals surface area (Å²) in [6.45, 7) is 14.3. The van der Waals surface area contributed by atoms with Crippen molar-refractivity contribution in [3.05, 3.63) is 0 Å². The van der Waals surface area contributed by atoms with E-state index >= 15 is 0 Å². The molecule has 0 aromatic rings. The molecule has 5 heteroatoms. The van der Waals surface area contributed by atoms with E-state index in [4.69, 9.17) is 9.47 Å². The highest BCUT2D eigenvalue weighted by Crippen LogP contribution is 2.02. The van der Waals surface area contributed by atoms with E-state index in [0.717, 1.165) is 19.6 Å². The number of nitrogens with zero attached hydrogens (tertiary/aromatic N) is 1. The average molecular weight is 274 g/mol. The molecule has 0 rings (SSSR count). The predicted octanol–water partition coefficient (Wildman–Crippen LogP) is 1.27. The van der Waals surface area contributed by atoms with Crippen LogP contribution in [0.3, 0.4) is 0 Å². The van der Waals surface area contributed by atoms with E-state index in [1.54, 1.807) is 6.92 Å². The smallest absolute Gasteiger partial charge is 0.332 e. The standard InChI is InChI=1S/C14H30N2O3/c1-6-19-14(17)11-18-10-8-15-7-9-16(12(2)3)13(4)5/h12-13,15H,6-11H2,1-5H3. The topological polar surface area (TPSA) is 50.8 Å². The minimum atomic E-state index is -0.298. The number of hydrogen-bond acceptors (Lipinski definition) is 5. The van der Waals surface area contributed by atoms with Crippen molar-refractivity contribution >= 4 is 5.97 Å². The van der Waals surface area contributed by atoms with E-state index in [9.17, 15) is 4.79 Å². The monoisotopic (exact) mass is 274 g/mol. The zero-order valence-corrected chi connectivity index (χ0v) is 13.1. The Bertz CT molecular complexity index is 225. The van der Waals surface area contributed by atoms with Gasteiger partial charge >= 0.3 is 5.97 Å². The second-order valence-corrected chi connectivity index (χ2v) is 5.03. The summed E-state index contributed by atoms with van der Waals surface area (Å²) in [6.07, 6.45) is 0. The molecule has 0 aromatic carbocycles. The van der Waals surface area contributed by atoms with Crippen LogP contribution in [0.4, 0.5) is 0 Å². The third kappa shape index (κ3) is 9.87. The molecule has 0 bridgehead atoms. The molecular formula is C14H30N2O3. The number of esters is 1. The quantitative estimate of drug-likeness (QED) is 0.454. The Morgan fingerprint density at radius 2 is 1.79 bits per heavy atom. The van der Waals surface area contributed by atoms with E-state index in [1.165, 1.54) is 0 Å². The molecule has 0 fully saturated rings. The fraction of sp³-hybridized carbons (Fsp3) is 0.929. The molecule has 0 aromatic heterocycles. The molecule has 0 heterocycles. The first kappa shape index (κ1) is 18.4. The van der Waals surface area contributed by atoms with Crippen LogP contribution >= 0.6 is 0 Å². The SMILES string of the molecule is CCOC(=O)COCCNCCN(C(C)C)C(C)C. The van der Waals surface area contributed by atoms with Crippen molar-refractivity contribution in [3.63, 3.8) is 0 Å². The third-order valence-electron chi connectivity index (χ3n) is 2.82. The largest absolute Gasteiger partial charge is 0.464 e. The summed E-state index contributed by atoms with van der Waals surface area (Å²) in [5.74, 6) is -0.298. The van der Waals surface area contributed by atoms with Crippen LogP contribution < -0.4 is 5.32 Å². The van der Waals surface area contributed by atoms with Gasteiger partial charge in [0, 0.05) is 31.7 Å². The summed E-state index contributed by atoms with van der Waals surface area (Å²) in [7, 11) is 0. The molecule has 0 aliphatic rings. The van der Waals surface area contributed by atoms with Gasteiger partial charge in [0.2, 0.25) is 0 Å². The summed E-state index contributed by atoms with van der Waals surface area (Å²) in [5.41, 5.74) is 0. The lowest BCUT2D eigenvalue weighted by atomic mass is 10.2. The van der Waals surface area contributed by atoms with Crippen LogP contribution in [0, 0.1) is 0 Å². The van der Waals surface area contributed by atoms with Crippen LogP contribution in [0.2, 0.25) is 0 Å². The van der Waals surface area contributed by atoms with Crippen LogP contribution in [0.5, 0.6) is 0 Å². The molecule has 0 saturated heterocycles. The Balaban J connectivity index is 3.47. The van der Waals surface area contributed by atoms with Gasteiger partial charge in [0.05, 0.1) is 13.2 Å². The number of nitrogens with one attached hydrogen (secondary N) is 1. The molecule has 0 saturated carbocycles. The minimum absolute atomic E-state index is 0.0413. The van der Waals surface area contributed by atoms with Gasteiger partial charge in [0.1, 0.15) is 6.61 Å². The van der Waals surface area contributed by atoms with Gasteiger partial charge < -0.3 is 14.8 Å². The Labute approximate surface area is 117 Å². The van der Waals surface area contributed by atoms with E-state index in [-0.39, 0.29) is 12.6 Å². The first-order valence-electron chi connectivity index (χ1n) is 7.18. The van der Waals surface area contributed by atoms with Crippen LogP contribution in [0.1, 0.15) is 34.6 Å². The van der Waals surface area contributed by atoms with Gasteiger partial charge in [-0.05, 0) is 34.6 Å². The van der Waals surface area contributed by atoms with Gasteiger partial charge in [0.15, 0.2) is 0 Å². The van der Waals surface area contributed by atoms with Gasteiger partial charge in [-0.25, -0.2) is 4.79 Å². The molecule has 0 radical (unpaired) electrons. The number of hydrogen-bond donors (Lipinski definition) is 1. The third-order valence-corrected chi connectivity index (χ3v) is 2.82. The molecule has 0 aliphatic carbocycles. The average Bonchev–Trinajstić information content (AvgIpc) is 2.31. The molecule has 0 aliphatic heterocycles. The Kier molecular flexibility index (Phi) is 10.8. The molecule has 0 amide bonds. The number of carbonyl (C=O) groups is 1. The van der Waals surface area contributed by atoms with Gasteiger partial charge in [-0.3, -0.25) is 4.90 Å². The number of ether oxygens (including phenoxy) is 2. The van der Waals surface area contributed by atoms with Crippen molar-refractivity contribution in [2.45, 2.75) is 46.7 Å². The fourth-order valence-electron chi connectivity index (χ4n) is 1.95. The van der Waals surface area contributed by atoms with Gasteiger partial charge in [0.25, 0.3) is 0 Å². The van der Waals surface area contributed by atoms with Crippen LogP contribution in [-0.2, 0) is 14.3 Å². The van der Waals surface area contributed by atoms with E-state index in [0.29, 0.717) is 25.3 Å². The summed E-state index contributed by atoms with van der Waals surface area (Å²) >= 11 is 0. The summed E-state index contributed by atoms with van der Waals surface area (Å²) in [6, 6.07) is 1.11. The Morgan fingerprint density at radius 1 is 1.16 bits per heavy atom. The van der Waals surface area contributed by atoms with Crippen molar-refractivity contribution in [1.82, 2.24) is 10.2 Å². The van der Waals surface area contributed by atoms with E-state index < -0.39 is 0 Å². The summed E-state index contributed by atoms with van der Waals surface area (Å²) < 4.78 is 9.96. The van der Waals surface area contributed by atoms with Crippen molar-refractivity contribution in [2.24, 2.45) is 0 Å². The zero-order valence-electron chi connectivity index (χ0n) is 13.1. The molecule has 0 spiro atoms. The highest BCUT2D eigenvalue weighted by Gasteiger charge is 2.11. The molecule has 0 unspecified atom stereocenters. The first-order chi connectivity index (χ1) is 8.99. The maximum atomic E-state index is 11.0. The van der Waals surface area contributed by atoms with Gasteiger partial charge in [-0.2, -0.15) is 0 Å². The van der Waals surface area contributed by atoms with Crippen molar-refractivity contribution < 1.29 is 14.3 Å². The molecular weight excluding hydrogens is 244 g/mol. The normalized spacial score (nSPS) is 11.6. The second kappa shape index (κ2) is 11.2. The summed E-state index contributed by atoms with van der Waals surface area (Å²) in [4.78, 5) is 13.4. The maximum Gasteiger partial charge on any atom is 0.332 e. The van der Waals surface area contributed by atoms with Crippen LogP contribution in [0.25, 0.3) is 0 Å². The highest BCUT2D eigenvalue weighted by molar-refractivity contribution is 5.70. The molecule has 19 heavy (non-hydrogen) atoms. The lowest BCUT2D eigenvalue weighted by Gasteiger charge is -2.30. The Hall–Kier alpha value is -0.650. The number of carbonyl (C=O) groups excluding carboxylic acids is 1. The molecule has 5 nitrogen and oxygen atoms in total. The highest BCUT2D eigenvalue weighted by atomic mass is 16.6. The lowest BCUT2D eigenvalue weighted by Crippen LogP contribution is -2.41. The van der Waals surface area contributed by atoms with Crippen LogP contribution in [-0.4, -0.2) is 62.4 Å². The van der Waals surface area contributed by atoms with E-state index in [2.05, 4.69) is 37.9 Å². The van der Waals surface area contributed by atoms with Crippen molar-refractivity contribution in [3.8, 4) is 0 Å². The van der Waals surface area contributed by atoms with Crippen molar-refractivity contribution in [2.75, 3.05) is 39.5 Å². The Morgan fingerprint density at radius 3 is 2.32 bits per heavy atom. The fourth-order valence-corrected chi connectivity index (χ4v) is 1.95. The first-order valence-corrected chi connectivity index (χ1v) is 7.18. The van der Waals surface area contributed by atoms with E-state index in [1.807, 2.05) is 0 Å². The lowest BCUT2D eigenvalue weighted by molar-refractivity contribution is -0.148. The molecule has 114 valence electrons. The summed E-state index contributed by atoms with van der Waals surface area (Å²) in [5, 5.41) is 3.31. The molecule has 1 N–H and O–H groups in total. The number of rotatable bonds is 11. The zero-order chi connectivity index (χ0) is 14.7. The van der Waals surface area contributed by atoms with Gasteiger partial charge in [-0.1, -0.05) is 0 Å².